The number of benzene rings is 1. The normalized spacial score (nSPS) is 17.1. The number of carbonyl (C=O) groups is 1. The Morgan fingerprint density at radius 2 is 2.00 bits per heavy atom. The highest BCUT2D eigenvalue weighted by atomic mass is 16.5. The highest BCUT2D eigenvalue weighted by molar-refractivity contribution is 5.89. The molecule has 2 amide bonds. The second-order valence-electron chi connectivity index (χ2n) is 7.14. The van der Waals surface area contributed by atoms with E-state index in [2.05, 4.69) is 17.2 Å². The minimum absolute atomic E-state index is 0.0648. The number of aromatic nitrogens is 1. The number of carbonyl (C=O) groups excluding carboxylic acids is 1. The smallest absolute Gasteiger partial charge is 0.321 e. The number of hydrogen-bond acceptors (Lipinski definition) is 4. The molecule has 1 aromatic heterocycles. The summed E-state index contributed by atoms with van der Waals surface area (Å²) in [4.78, 5) is 18.7. The van der Waals surface area contributed by atoms with Crippen molar-refractivity contribution in [1.82, 2.24) is 9.88 Å². The molecular weight excluding hydrogens is 354 g/mol. The fraction of sp³-hybridized carbons (Fsp3) is 0.455. The van der Waals surface area contributed by atoms with Crippen molar-refractivity contribution < 1.29 is 14.3 Å². The summed E-state index contributed by atoms with van der Waals surface area (Å²) in [7, 11) is 0. The van der Waals surface area contributed by atoms with Crippen LogP contribution in [0, 0.1) is 6.92 Å². The van der Waals surface area contributed by atoms with Crippen molar-refractivity contribution in [3.63, 3.8) is 0 Å². The first kappa shape index (κ1) is 20.1. The van der Waals surface area contributed by atoms with Gasteiger partial charge in [-0.3, -0.25) is 0 Å². The Morgan fingerprint density at radius 3 is 2.71 bits per heavy atom. The fourth-order valence-corrected chi connectivity index (χ4v) is 3.16. The van der Waals surface area contributed by atoms with E-state index in [1.165, 1.54) is 0 Å². The van der Waals surface area contributed by atoms with Crippen LogP contribution in [0.15, 0.2) is 42.6 Å². The largest absolute Gasteiger partial charge is 0.439 e. The number of rotatable bonds is 6. The molecular formula is C22H29N3O3. The van der Waals surface area contributed by atoms with Gasteiger partial charge in [0, 0.05) is 37.6 Å². The quantitative estimate of drug-likeness (QED) is 0.763. The van der Waals surface area contributed by atoms with Crippen LogP contribution in [0.3, 0.4) is 0 Å². The molecule has 0 spiro atoms. The lowest BCUT2D eigenvalue weighted by Crippen LogP contribution is -2.36. The molecule has 0 aliphatic carbocycles. The Kier molecular flexibility index (Phi) is 7.25. The van der Waals surface area contributed by atoms with Crippen molar-refractivity contribution >= 4 is 11.7 Å². The van der Waals surface area contributed by atoms with E-state index in [0.29, 0.717) is 11.6 Å². The third-order valence-corrected chi connectivity index (χ3v) is 4.73. The molecule has 1 saturated heterocycles. The molecule has 1 N–H and O–H groups in total. The minimum atomic E-state index is -0.0648. The van der Waals surface area contributed by atoms with E-state index in [9.17, 15) is 4.79 Å². The molecule has 1 aromatic carbocycles. The SMILES string of the molecule is CCCOC1CCCN(C(=O)Nc2ccc(Oc3ccc(C)cn3)cc2)CC1. The van der Waals surface area contributed by atoms with Crippen molar-refractivity contribution in [3.8, 4) is 11.6 Å². The van der Waals surface area contributed by atoms with Gasteiger partial charge in [-0.25, -0.2) is 9.78 Å². The predicted molar refractivity (Wildman–Crippen MR) is 110 cm³/mol. The Labute approximate surface area is 166 Å². The lowest BCUT2D eigenvalue weighted by molar-refractivity contribution is 0.0446. The first-order chi connectivity index (χ1) is 13.6. The zero-order valence-corrected chi connectivity index (χ0v) is 16.7. The lowest BCUT2D eigenvalue weighted by atomic mass is 10.2. The van der Waals surface area contributed by atoms with Gasteiger partial charge in [0.15, 0.2) is 0 Å². The van der Waals surface area contributed by atoms with Gasteiger partial charge < -0.3 is 19.7 Å². The van der Waals surface area contributed by atoms with Gasteiger partial charge >= 0.3 is 6.03 Å². The van der Waals surface area contributed by atoms with Crippen molar-refractivity contribution in [2.24, 2.45) is 0 Å². The van der Waals surface area contributed by atoms with E-state index in [4.69, 9.17) is 9.47 Å². The number of pyridine rings is 1. The average Bonchev–Trinajstić information content (AvgIpc) is 2.95. The number of likely N-dealkylation sites (tertiary alicyclic amines) is 1. The first-order valence-electron chi connectivity index (χ1n) is 10.0. The number of hydrogen-bond donors (Lipinski definition) is 1. The van der Waals surface area contributed by atoms with Gasteiger partial charge in [-0.1, -0.05) is 13.0 Å². The van der Waals surface area contributed by atoms with Crippen LogP contribution in [0.5, 0.6) is 11.6 Å². The summed E-state index contributed by atoms with van der Waals surface area (Å²) in [6.45, 7) is 6.38. The highest BCUT2D eigenvalue weighted by Crippen LogP contribution is 2.22. The van der Waals surface area contributed by atoms with Gasteiger partial charge in [-0.05, 0) is 62.4 Å². The summed E-state index contributed by atoms with van der Waals surface area (Å²) in [5.41, 5.74) is 1.83. The van der Waals surface area contributed by atoms with Gasteiger partial charge in [-0.15, -0.1) is 0 Å². The molecule has 6 nitrogen and oxygen atoms in total. The van der Waals surface area contributed by atoms with Gasteiger partial charge in [0.05, 0.1) is 6.10 Å². The summed E-state index contributed by atoms with van der Waals surface area (Å²) in [6.07, 6.45) is 5.94. The molecule has 1 aliphatic heterocycles. The summed E-state index contributed by atoms with van der Waals surface area (Å²) in [6, 6.07) is 11.1. The molecule has 28 heavy (non-hydrogen) atoms. The van der Waals surface area contributed by atoms with Gasteiger partial charge in [0.1, 0.15) is 5.75 Å². The molecule has 6 heteroatoms. The van der Waals surface area contributed by atoms with Crippen LogP contribution >= 0.6 is 0 Å². The van der Waals surface area contributed by atoms with Crippen molar-refractivity contribution in [2.75, 3.05) is 25.0 Å². The molecule has 1 unspecified atom stereocenters. The second kappa shape index (κ2) is 10.1. The van der Waals surface area contributed by atoms with Crippen molar-refractivity contribution in [2.45, 2.75) is 45.6 Å². The van der Waals surface area contributed by atoms with Crippen LogP contribution in [0.25, 0.3) is 0 Å². The summed E-state index contributed by atoms with van der Waals surface area (Å²) in [5.74, 6) is 1.23. The van der Waals surface area contributed by atoms with Gasteiger partial charge in [-0.2, -0.15) is 0 Å². The van der Waals surface area contributed by atoms with Crippen LogP contribution in [-0.2, 0) is 4.74 Å². The van der Waals surface area contributed by atoms with Crippen LogP contribution in [0.2, 0.25) is 0 Å². The molecule has 1 atom stereocenters. The number of urea groups is 1. The third-order valence-electron chi connectivity index (χ3n) is 4.73. The maximum atomic E-state index is 12.6. The Balaban J connectivity index is 1.50. The molecule has 0 saturated carbocycles. The number of nitrogens with zero attached hydrogens (tertiary/aromatic N) is 2. The number of amides is 2. The zero-order valence-electron chi connectivity index (χ0n) is 16.7. The minimum Gasteiger partial charge on any atom is -0.439 e. The molecule has 2 heterocycles. The molecule has 150 valence electrons. The lowest BCUT2D eigenvalue weighted by Gasteiger charge is -2.21. The van der Waals surface area contributed by atoms with Crippen LogP contribution in [0.4, 0.5) is 10.5 Å². The summed E-state index contributed by atoms with van der Waals surface area (Å²) in [5, 5.41) is 2.97. The summed E-state index contributed by atoms with van der Waals surface area (Å²) < 4.78 is 11.6. The number of nitrogens with one attached hydrogen (secondary N) is 1. The first-order valence-corrected chi connectivity index (χ1v) is 10.0. The van der Waals surface area contributed by atoms with Crippen LogP contribution < -0.4 is 10.1 Å². The van der Waals surface area contributed by atoms with E-state index in [1.54, 1.807) is 6.20 Å². The van der Waals surface area contributed by atoms with E-state index in [-0.39, 0.29) is 12.1 Å². The number of ether oxygens (including phenoxy) is 2. The predicted octanol–water partition coefficient (Wildman–Crippen LogP) is 5.00. The maximum Gasteiger partial charge on any atom is 0.321 e. The Bertz CT molecular complexity index is 747. The molecule has 0 radical (unpaired) electrons. The molecule has 2 aromatic rings. The second-order valence-corrected chi connectivity index (χ2v) is 7.14. The monoisotopic (exact) mass is 383 g/mol. The zero-order chi connectivity index (χ0) is 19.8. The summed E-state index contributed by atoms with van der Waals surface area (Å²) >= 11 is 0. The molecule has 0 bridgehead atoms. The van der Waals surface area contributed by atoms with E-state index < -0.39 is 0 Å². The van der Waals surface area contributed by atoms with E-state index >= 15 is 0 Å². The Hall–Kier alpha value is -2.60. The fourth-order valence-electron chi connectivity index (χ4n) is 3.16. The van der Waals surface area contributed by atoms with Crippen molar-refractivity contribution in [1.29, 1.82) is 0 Å². The molecule has 1 aliphatic rings. The molecule has 1 fully saturated rings. The maximum absolute atomic E-state index is 12.6. The molecule has 3 rings (SSSR count). The van der Waals surface area contributed by atoms with Crippen LogP contribution in [-0.4, -0.2) is 41.7 Å². The topological polar surface area (TPSA) is 63.7 Å². The highest BCUT2D eigenvalue weighted by Gasteiger charge is 2.21. The third kappa shape index (κ3) is 5.96. The van der Waals surface area contributed by atoms with E-state index in [0.717, 1.165) is 56.6 Å². The van der Waals surface area contributed by atoms with Gasteiger partial charge in [0.25, 0.3) is 0 Å². The van der Waals surface area contributed by atoms with Gasteiger partial charge in [0.2, 0.25) is 5.88 Å². The van der Waals surface area contributed by atoms with E-state index in [1.807, 2.05) is 48.2 Å². The average molecular weight is 383 g/mol. The van der Waals surface area contributed by atoms with Crippen molar-refractivity contribution in [3.05, 3.63) is 48.2 Å². The number of aryl methyl sites for hydroxylation is 1. The Morgan fingerprint density at radius 1 is 1.18 bits per heavy atom. The standard InChI is InChI=1S/C22H29N3O3/c1-3-15-27-19-5-4-13-25(14-12-19)22(26)24-18-7-9-20(10-8-18)28-21-11-6-17(2)16-23-21/h6-11,16,19H,3-5,12-15H2,1-2H3,(H,24,26). The number of anilines is 1. The van der Waals surface area contributed by atoms with Crippen LogP contribution in [0.1, 0.15) is 38.2 Å².